The van der Waals surface area contributed by atoms with Crippen LogP contribution < -0.4 is 0 Å². The van der Waals surface area contributed by atoms with Gasteiger partial charge >= 0.3 is 11.9 Å². The molecule has 0 aromatic heterocycles. The molecule has 0 saturated heterocycles. The van der Waals surface area contributed by atoms with Gasteiger partial charge in [-0.25, -0.2) is 9.59 Å². The molecular weight excluding hydrogens is 380 g/mol. The third-order valence-corrected chi connectivity index (χ3v) is 5.66. The van der Waals surface area contributed by atoms with Gasteiger partial charge in [0.1, 0.15) is 6.10 Å². The number of fused-ring (bicyclic) bond motifs is 1. The highest BCUT2D eigenvalue weighted by Crippen LogP contribution is 2.38. The van der Waals surface area contributed by atoms with Crippen LogP contribution in [0.3, 0.4) is 0 Å². The second kappa shape index (κ2) is 10.9. The van der Waals surface area contributed by atoms with E-state index < -0.39 is 12.1 Å². The molecule has 0 radical (unpaired) electrons. The van der Waals surface area contributed by atoms with Crippen molar-refractivity contribution in [2.45, 2.75) is 57.3 Å². The number of hydrogen-bond acceptors (Lipinski definition) is 5. The molecular formula is C25H30O5. The molecule has 0 bridgehead atoms. The zero-order valence-corrected chi connectivity index (χ0v) is 17.4. The van der Waals surface area contributed by atoms with Crippen molar-refractivity contribution in [3.8, 4) is 0 Å². The van der Waals surface area contributed by atoms with E-state index in [1.807, 2.05) is 37.3 Å². The summed E-state index contributed by atoms with van der Waals surface area (Å²) in [4.78, 5) is 24.2. The van der Waals surface area contributed by atoms with Crippen LogP contribution in [0.1, 0.15) is 44.6 Å². The van der Waals surface area contributed by atoms with Gasteiger partial charge in [-0.05, 0) is 68.6 Å². The first-order valence-electron chi connectivity index (χ1n) is 10.7. The predicted molar refractivity (Wildman–Crippen MR) is 115 cm³/mol. The van der Waals surface area contributed by atoms with E-state index in [0.29, 0.717) is 12.8 Å². The van der Waals surface area contributed by atoms with E-state index in [1.54, 1.807) is 6.08 Å². The molecule has 5 heteroatoms. The highest BCUT2D eigenvalue weighted by molar-refractivity contribution is 5.87. The summed E-state index contributed by atoms with van der Waals surface area (Å²) in [5.41, 5.74) is 0.933. The fraction of sp³-hybridized carbons (Fsp3) is 0.440. The topological polar surface area (TPSA) is 72.8 Å². The predicted octanol–water partition coefficient (Wildman–Crippen LogP) is 4.23. The molecule has 1 unspecified atom stereocenters. The number of aliphatic hydroxyl groups excluding tert-OH is 1. The van der Waals surface area contributed by atoms with E-state index in [2.05, 4.69) is 12.2 Å². The Bertz CT molecular complexity index is 795. The Balaban J connectivity index is 1.63. The highest BCUT2D eigenvalue weighted by atomic mass is 16.5. The van der Waals surface area contributed by atoms with Crippen molar-refractivity contribution < 1.29 is 24.2 Å². The summed E-state index contributed by atoms with van der Waals surface area (Å²) in [6.07, 6.45) is 12.9. The average Bonchev–Trinajstić information content (AvgIpc) is 3.13. The van der Waals surface area contributed by atoms with Crippen molar-refractivity contribution in [3.63, 3.8) is 0 Å². The molecule has 1 aromatic rings. The van der Waals surface area contributed by atoms with E-state index in [1.165, 1.54) is 18.2 Å². The maximum Gasteiger partial charge on any atom is 0.331 e. The van der Waals surface area contributed by atoms with Gasteiger partial charge in [0.25, 0.3) is 0 Å². The van der Waals surface area contributed by atoms with Gasteiger partial charge in [0.05, 0.1) is 12.2 Å². The van der Waals surface area contributed by atoms with Crippen LogP contribution in [0.25, 0.3) is 6.08 Å². The Morgan fingerprint density at radius 3 is 2.80 bits per heavy atom. The van der Waals surface area contributed by atoms with Crippen LogP contribution in [-0.2, 0) is 19.1 Å². The number of hydrogen-bond donors (Lipinski definition) is 1. The minimum absolute atomic E-state index is 0.0924. The number of benzene rings is 1. The van der Waals surface area contributed by atoms with Crippen molar-refractivity contribution in [1.82, 2.24) is 0 Å². The number of aliphatic hydroxyl groups is 1. The number of esters is 2. The van der Waals surface area contributed by atoms with E-state index in [-0.39, 0.29) is 30.0 Å². The molecule has 30 heavy (non-hydrogen) atoms. The quantitative estimate of drug-likeness (QED) is 0.459. The van der Waals surface area contributed by atoms with Gasteiger partial charge in [0.15, 0.2) is 0 Å². The van der Waals surface area contributed by atoms with Crippen molar-refractivity contribution in [3.05, 3.63) is 66.3 Å². The fourth-order valence-electron chi connectivity index (χ4n) is 4.11. The average molecular weight is 411 g/mol. The first kappa shape index (κ1) is 22.0. The molecule has 0 amide bonds. The van der Waals surface area contributed by atoms with Gasteiger partial charge in [-0.1, -0.05) is 42.5 Å². The molecule has 1 aliphatic heterocycles. The summed E-state index contributed by atoms with van der Waals surface area (Å²) in [6, 6.07) is 9.57. The lowest BCUT2D eigenvalue weighted by molar-refractivity contribution is -0.143. The molecule has 0 spiro atoms. The summed E-state index contributed by atoms with van der Waals surface area (Å²) in [5, 5.41) is 10.6. The Hall–Kier alpha value is -2.66. The van der Waals surface area contributed by atoms with Gasteiger partial charge in [-0.2, -0.15) is 0 Å². The molecule has 1 fully saturated rings. The molecule has 1 saturated carbocycles. The molecule has 160 valence electrons. The maximum absolute atomic E-state index is 12.2. The zero-order valence-electron chi connectivity index (χ0n) is 17.4. The van der Waals surface area contributed by atoms with Gasteiger partial charge in [-0.15, -0.1) is 0 Å². The smallest absolute Gasteiger partial charge is 0.331 e. The summed E-state index contributed by atoms with van der Waals surface area (Å²) in [5.74, 6) is -0.837. The first-order valence-corrected chi connectivity index (χ1v) is 10.7. The minimum Gasteiger partial charge on any atom is -0.460 e. The Morgan fingerprint density at radius 2 is 2.00 bits per heavy atom. The number of ether oxygens (including phenoxy) is 2. The molecule has 5 nitrogen and oxygen atoms in total. The SMILES string of the molecule is C[C@H]1CCC/C=C/[C@@H]2CC(OC(=O)/C=C/c3ccccc3)C[C@H]2[C@H](O)/C=C/C(=O)O1. The maximum atomic E-state index is 12.2. The van der Waals surface area contributed by atoms with Crippen LogP contribution in [0.15, 0.2) is 60.7 Å². The van der Waals surface area contributed by atoms with Gasteiger partial charge in [0, 0.05) is 12.2 Å². The number of carbonyl (C=O) groups excluding carboxylic acids is 2. The van der Waals surface area contributed by atoms with Gasteiger partial charge in [-0.3, -0.25) is 0 Å². The van der Waals surface area contributed by atoms with E-state index in [0.717, 1.165) is 24.8 Å². The third-order valence-electron chi connectivity index (χ3n) is 5.66. The lowest BCUT2D eigenvalue weighted by Gasteiger charge is -2.19. The molecule has 1 N–H and O–H groups in total. The number of rotatable bonds is 3. The van der Waals surface area contributed by atoms with Crippen LogP contribution >= 0.6 is 0 Å². The van der Waals surface area contributed by atoms with Crippen LogP contribution in [0.2, 0.25) is 0 Å². The summed E-state index contributed by atoms with van der Waals surface area (Å²) in [7, 11) is 0. The molecule has 1 heterocycles. The standard InChI is InChI=1S/C25H30O5/c1-18-8-4-2-7-11-20-16-21(17-22(20)23(26)13-15-24(27)29-18)30-25(28)14-12-19-9-5-3-6-10-19/h3,5-7,9-15,18,20-23,26H,2,4,8,16-17H2,1H3/b11-7+,14-12+,15-13+/t18-,20+,21?,22+,23+/m0/s1. The van der Waals surface area contributed by atoms with Crippen molar-refractivity contribution >= 4 is 18.0 Å². The van der Waals surface area contributed by atoms with Crippen LogP contribution in [0.5, 0.6) is 0 Å². The summed E-state index contributed by atoms with van der Waals surface area (Å²) >= 11 is 0. The van der Waals surface area contributed by atoms with Crippen LogP contribution in [-0.4, -0.2) is 35.4 Å². The van der Waals surface area contributed by atoms with Crippen molar-refractivity contribution in [2.24, 2.45) is 11.8 Å². The second-order valence-corrected chi connectivity index (χ2v) is 8.06. The number of allylic oxidation sites excluding steroid dienone is 2. The van der Waals surface area contributed by atoms with Crippen LogP contribution in [0, 0.1) is 11.8 Å². The molecule has 1 aromatic carbocycles. The first-order chi connectivity index (χ1) is 14.5. The molecule has 2 aliphatic rings. The Labute approximate surface area is 178 Å². The zero-order chi connectivity index (χ0) is 21.3. The van der Waals surface area contributed by atoms with Crippen molar-refractivity contribution in [2.75, 3.05) is 0 Å². The molecule has 5 atom stereocenters. The second-order valence-electron chi connectivity index (χ2n) is 8.06. The normalized spacial score (nSPS) is 32.2. The minimum atomic E-state index is -0.799. The summed E-state index contributed by atoms with van der Waals surface area (Å²) in [6.45, 7) is 1.88. The monoisotopic (exact) mass is 410 g/mol. The number of carbonyl (C=O) groups is 2. The van der Waals surface area contributed by atoms with Crippen molar-refractivity contribution in [1.29, 1.82) is 0 Å². The highest BCUT2D eigenvalue weighted by Gasteiger charge is 2.38. The fourth-order valence-corrected chi connectivity index (χ4v) is 4.11. The Kier molecular flexibility index (Phi) is 8.03. The van der Waals surface area contributed by atoms with Crippen LogP contribution in [0.4, 0.5) is 0 Å². The lowest BCUT2D eigenvalue weighted by Crippen LogP contribution is -2.22. The number of cyclic esters (lactones) is 1. The van der Waals surface area contributed by atoms with E-state index >= 15 is 0 Å². The summed E-state index contributed by atoms with van der Waals surface area (Å²) < 4.78 is 11.0. The van der Waals surface area contributed by atoms with E-state index in [4.69, 9.17) is 9.47 Å². The Morgan fingerprint density at radius 1 is 1.20 bits per heavy atom. The molecule has 3 rings (SSSR count). The largest absolute Gasteiger partial charge is 0.460 e. The third kappa shape index (κ3) is 6.70. The van der Waals surface area contributed by atoms with E-state index in [9.17, 15) is 14.7 Å². The van der Waals surface area contributed by atoms with Gasteiger partial charge < -0.3 is 14.6 Å². The van der Waals surface area contributed by atoms with Gasteiger partial charge in [0.2, 0.25) is 0 Å². The molecule has 1 aliphatic carbocycles. The lowest BCUT2D eigenvalue weighted by atomic mass is 9.90.